The Kier molecular flexibility index (Phi) is 6.33. The maximum absolute atomic E-state index is 13.2. The van der Waals surface area contributed by atoms with Gasteiger partial charge in [0.2, 0.25) is 5.82 Å². The van der Waals surface area contributed by atoms with Gasteiger partial charge in [0, 0.05) is 16.7 Å². The molecule has 0 aliphatic carbocycles. The minimum absolute atomic E-state index is 0.00996. The summed E-state index contributed by atoms with van der Waals surface area (Å²) in [4.78, 5) is 17.7. The molecule has 1 N–H and O–H groups in total. The molecule has 0 fully saturated rings. The number of nitrogens with one attached hydrogen (secondary N) is 1. The summed E-state index contributed by atoms with van der Waals surface area (Å²) in [5, 5.41) is 7.97. The molecule has 168 valence electrons. The number of rotatable bonds is 6. The number of hydrogen-bond acceptors (Lipinski definition) is 5. The van der Waals surface area contributed by atoms with Crippen molar-refractivity contribution in [2.24, 2.45) is 0 Å². The molecule has 3 aromatic carbocycles. The fraction of sp³-hybridized carbons (Fsp3) is 0.160. The Morgan fingerprint density at radius 2 is 1.79 bits per heavy atom. The summed E-state index contributed by atoms with van der Waals surface area (Å²) in [6.07, 6.45) is 0. The number of benzene rings is 3. The average Bonchev–Trinajstić information content (AvgIpc) is 3.26. The molecule has 8 heteroatoms. The van der Waals surface area contributed by atoms with Gasteiger partial charge in [0.25, 0.3) is 5.91 Å². The van der Waals surface area contributed by atoms with Gasteiger partial charge in [0.15, 0.2) is 5.82 Å². The summed E-state index contributed by atoms with van der Waals surface area (Å²) in [5.74, 6) is 1.14. The zero-order valence-electron chi connectivity index (χ0n) is 18.7. The number of amides is 1. The van der Waals surface area contributed by atoms with E-state index in [-0.39, 0.29) is 5.82 Å². The number of aromatic nitrogens is 3. The first-order valence-corrected chi connectivity index (χ1v) is 10.6. The summed E-state index contributed by atoms with van der Waals surface area (Å²) in [6, 6.07) is 18.5. The fourth-order valence-electron chi connectivity index (χ4n) is 3.46. The van der Waals surface area contributed by atoms with E-state index in [0.29, 0.717) is 28.0 Å². The monoisotopic (exact) mass is 462 g/mol. The van der Waals surface area contributed by atoms with Crippen LogP contribution in [0.3, 0.4) is 0 Å². The van der Waals surface area contributed by atoms with Crippen LogP contribution in [0.5, 0.6) is 11.5 Å². The van der Waals surface area contributed by atoms with Crippen molar-refractivity contribution in [3.8, 4) is 28.6 Å². The van der Waals surface area contributed by atoms with Crippen LogP contribution in [0.1, 0.15) is 21.7 Å². The first-order valence-electron chi connectivity index (χ1n) is 10.2. The Balaban J connectivity index is 1.80. The topological polar surface area (TPSA) is 78.3 Å². The predicted molar refractivity (Wildman–Crippen MR) is 129 cm³/mol. The van der Waals surface area contributed by atoms with Gasteiger partial charge in [-0.15, -0.1) is 5.10 Å². The standard InChI is InChI=1S/C25H23ClN4O3/c1-15-7-5-8-17(13-15)24-28-23(29-30(24)21-10-6-9-19(26)16(21)2)25(31)27-20-14-18(32-3)11-12-22(20)33-4/h5-14H,1-4H3,(H,27,31). The number of carbonyl (C=O) groups excluding carboxylic acids is 1. The minimum Gasteiger partial charge on any atom is -0.497 e. The number of halogens is 1. The number of nitrogens with zero attached hydrogens (tertiary/aromatic N) is 3. The third kappa shape index (κ3) is 4.54. The lowest BCUT2D eigenvalue weighted by atomic mass is 10.1. The number of carbonyl (C=O) groups is 1. The van der Waals surface area contributed by atoms with Crippen LogP contribution in [0.4, 0.5) is 5.69 Å². The van der Waals surface area contributed by atoms with E-state index < -0.39 is 5.91 Å². The summed E-state index contributed by atoms with van der Waals surface area (Å²) in [5.41, 5.74) is 3.93. The van der Waals surface area contributed by atoms with Gasteiger partial charge in [0.1, 0.15) is 11.5 Å². The summed E-state index contributed by atoms with van der Waals surface area (Å²) < 4.78 is 12.3. The van der Waals surface area contributed by atoms with Gasteiger partial charge in [-0.25, -0.2) is 9.67 Å². The van der Waals surface area contributed by atoms with Gasteiger partial charge in [-0.3, -0.25) is 4.79 Å². The van der Waals surface area contributed by atoms with Crippen LogP contribution in [-0.4, -0.2) is 34.9 Å². The van der Waals surface area contributed by atoms with E-state index in [1.54, 1.807) is 30.0 Å². The number of hydrogen-bond donors (Lipinski definition) is 1. The van der Waals surface area contributed by atoms with Crippen LogP contribution in [0.25, 0.3) is 17.1 Å². The molecule has 0 atom stereocenters. The van der Waals surface area contributed by atoms with Crippen LogP contribution in [0.15, 0.2) is 60.7 Å². The largest absolute Gasteiger partial charge is 0.497 e. The zero-order chi connectivity index (χ0) is 23.5. The maximum atomic E-state index is 13.2. The average molecular weight is 463 g/mol. The van der Waals surface area contributed by atoms with E-state index in [0.717, 1.165) is 22.4 Å². The smallest absolute Gasteiger partial charge is 0.295 e. The van der Waals surface area contributed by atoms with Crippen molar-refractivity contribution < 1.29 is 14.3 Å². The third-order valence-corrected chi connectivity index (χ3v) is 5.62. The van der Waals surface area contributed by atoms with Crippen LogP contribution in [-0.2, 0) is 0 Å². The Labute approximate surface area is 196 Å². The van der Waals surface area contributed by atoms with Crippen LogP contribution < -0.4 is 14.8 Å². The molecule has 33 heavy (non-hydrogen) atoms. The Morgan fingerprint density at radius 3 is 2.52 bits per heavy atom. The molecule has 7 nitrogen and oxygen atoms in total. The van der Waals surface area contributed by atoms with Gasteiger partial charge < -0.3 is 14.8 Å². The number of methoxy groups -OCH3 is 2. The molecular formula is C25H23ClN4O3. The van der Waals surface area contributed by atoms with Crippen molar-refractivity contribution in [3.63, 3.8) is 0 Å². The van der Waals surface area contributed by atoms with Crippen LogP contribution in [0.2, 0.25) is 5.02 Å². The van der Waals surface area contributed by atoms with E-state index in [1.807, 2.05) is 56.3 Å². The molecule has 0 saturated heterocycles. The number of ether oxygens (including phenoxy) is 2. The highest BCUT2D eigenvalue weighted by Gasteiger charge is 2.21. The van der Waals surface area contributed by atoms with Crippen molar-refractivity contribution in [1.29, 1.82) is 0 Å². The van der Waals surface area contributed by atoms with E-state index in [9.17, 15) is 4.79 Å². The summed E-state index contributed by atoms with van der Waals surface area (Å²) in [7, 11) is 3.08. The zero-order valence-corrected chi connectivity index (χ0v) is 19.5. The third-order valence-electron chi connectivity index (χ3n) is 5.21. The van der Waals surface area contributed by atoms with E-state index in [2.05, 4.69) is 15.4 Å². The molecule has 0 aliphatic rings. The number of aryl methyl sites for hydroxylation is 1. The molecule has 1 amide bonds. The quantitative estimate of drug-likeness (QED) is 0.411. The predicted octanol–water partition coefficient (Wildman–Crippen LogP) is 5.47. The molecule has 0 aliphatic heterocycles. The lowest BCUT2D eigenvalue weighted by Crippen LogP contribution is -2.15. The first-order chi connectivity index (χ1) is 15.9. The highest BCUT2D eigenvalue weighted by Crippen LogP contribution is 2.30. The maximum Gasteiger partial charge on any atom is 0.295 e. The molecule has 0 unspecified atom stereocenters. The molecule has 1 heterocycles. The summed E-state index contributed by atoms with van der Waals surface area (Å²) in [6.45, 7) is 3.90. The molecule has 0 saturated carbocycles. The molecule has 0 radical (unpaired) electrons. The second-order valence-electron chi connectivity index (χ2n) is 7.44. The molecule has 0 bridgehead atoms. The Hall–Kier alpha value is -3.84. The van der Waals surface area contributed by atoms with Gasteiger partial charge >= 0.3 is 0 Å². The van der Waals surface area contributed by atoms with Gasteiger partial charge in [0.05, 0.1) is 25.6 Å². The lowest BCUT2D eigenvalue weighted by molar-refractivity contribution is 0.101. The Bertz CT molecular complexity index is 1330. The van der Waals surface area contributed by atoms with Crippen LogP contribution in [0, 0.1) is 13.8 Å². The van der Waals surface area contributed by atoms with Crippen molar-refractivity contribution in [2.75, 3.05) is 19.5 Å². The molecule has 1 aromatic heterocycles. The highest BCUT2D eigenvalue weighted by molar-refractivity contribution is 6.31. The van der Waals surface area contributed by atoms with E-state index in [4.69, 9.17) is 21.1 Å². The van der Waals surface area contributed by atoms with Crippen molar-refractivity contribution in [3.05, 3.63) is 82.6 Å². The van der Waals surface area contributed by atoms with Gasteiger partial charge in [-0.05, 0) is 49.7 Å². The molecule has 4 rings (SSSR count). The first kappa shape index (κ1) is 22.4. The van der Waals surface area contributed by atoms with E-state index in [1.165, 1.54) is 7.11 Å². The lowest BCUT2D eigenvalue weighted by Gasteiger charge is -2.11. The molecular weight excluding hydrogens is 440 g/mol. The summed E-state index contributed by atoms with van der Waals surface area (Å²) >= 11 is 6.36. The number of anilines is 1. The van der Waals surface area contributed by atoms with Crippen LogP contribution >= 0.6 is 11.6 Å². The fourth-order valence-corrected chi connectivity index (χ4v) is 3.63. The van der Waals surface area contributed by atoms with Gasteiger partial charge in [-0.1, -0.05) is 41.4 Å². The van der Waals surface area contributed by atoms with Gasteiger partial charge in [-0.2, -0.15) is 0 Å². The SMILES string of the molecule is COc1ccc(OC)c(NC(=O)c2nc(-c3cccc(C)c3)n(-c3cccc(Cl)c3C)n2)c1. The van der Waals surface area contributed by atoms with Crippen molar-refractivity contribution >= 4 is 23.2 Å². The minimum atomic E-state index is -0.478. The second kappa shape index (κ2) is 9.34. The second-order valence-corrected chi connectivity index (χ2v) is 7.85. The Morgan fingerprint density at radius 1 is 1.00 bits per heavy atom. The molecule has 0 spiro atoms. The highest BCUT2D eigenvalue weighted by atomic mass is 35.5. The molecule has 4 aromatic rings. The van der Waals surface area contributed by atoms with Crippen molar-refractivity contribution in [2.45, 2.75) is 13.8 Å². The van der Waals surface area contributed by atoms with E-state index >= 15 is 0 Å². The van der Waals surface area contributed by atoms with Crippen molar-refractivity contribution in [1.82, 2.24) is 14.8 Å². The normalized spacial score (nSPS) is 10.7.